The smallest absolute Gasteiger partial charge is 0.459 e. The van der Waals surface area contributed by atoms with Gasteiger partial charge in [0.2, 0.25) is 0 Å². The number of carbonyl (C=O) groups excluding carboxylic acids is 1. The third kappa shape index (κ3) is 7.76. The van der Waals surface area contributed by atoms with E-state index >= 15 is 0 Å². The van der Waals surface area contributed by atoms with Crippen LogP contribution in [-0.2, 0) is 32.4 Å². The molecule has 3 unspecified atom stereocenters. The van der Waals surface area contributed by atoms with Crippen molar-refractivity contribution in [3.8, 4) is 17.6 Å². The lowest BCUT2D eigenvalue weighted by Gasteiger charge is -2.24. The highest BCUT2D eigenvalue weighted by atomic mass is 31.2. The number of para-hydroxylation sites is 1. The molecule has 0 aliphatic carbocycles. The molecule has 4 heterocycles. The van der Waals surface area contributed by atoms with Crippen LogP contribution in [-0.4, -0.2) is 94.7 Å². The minimum atomic E-state index is -4.21. The fourth-order valence-electron chi connectivity index (χ4n) is 4.36. The van der Waals surface area contributed by atoms with Gasteiger partial charge in [0.15, 0.2) is 0 Å². The number of nitrogens with one attached hydrogen (secondary N) is 2. The zero-order valence-corrected chi connectivity index (χ0v) is 25.8. The van der Waals surface area contributed by atoms with Crippen molar-refractivity contribution in [2.45, 2.75) is 37.8 Å². The molecule has 0 spiro atoms. The van der Waals surface area contributed by atoms with E-state index in [0.717, 1.165) is 4.57 Å². The van der Waals surface area contributed by atoms with Crippen LogP contribution in [0.15, 0.2) is 46.1 Å². The second kappa shape index (κ2) is 13.5. The molecule has 3 saturated heterocycles. The van der Waals surface area contributed by atoms with E-state index in [1.54, 1.807) is 39.7 Å². The van der Waals surface area contributed by atoms with Crippen LogP contribution in [0.25, 0.3) is 0 Å². The number of hydrogen-bond acceptors (Lipinski definition) is 11. The molecule has 1 aromatic heterocycles. The molecule has 5 rings (SSSR count). The molecule has 16 nitrogen and oxygen atoms in total. The summed E-state index contributed by atoms with van der Waals surface area (Å²) in [7, 11) is -6.10. The van der Waals surface area contributed by atoms with Crippen LogP contribution in [0.5, 0.6) is 5.75 Å². The molecule has 44 heavy (non-hydrogen) atoms. The summed E-state index contributed by atoms with van der Waals surface area (Å²) in [6, 6.07) is 7.06. The number of H-pyrrole nitrogens is 1. The Balaban J connectivity index is 1.25. The van der Waals surface area contributed by atoms with Gasteiger partial charge in [0, 0.05) is 38.8 Å². The van der Waals surface area contributed by atoms with Gasteiger partial charge in [0.25, 0.3) is 5.56 Å². The quantitative estimate of drug-likeness (QED) is 0.118. The van der Waals surface area contributed by atoms with Crippen LogP contribution < -0.4 is 20.9 Å². The topological polar surface area (TPSA) is 190 Å². The summed E-state index contributed by atoms with van der Waals surface area (Å²) in [5.74, 6) is 4.80. The summed E-state index contributed by atoms with van der Waals surface area (Å²) < 4.78 is 58.3. The molecule has 0 saturated carbocycles. The van der Waals surface area contributed by atoms with Crippen molar-refractivity contribution >= 4 is 21.4 Å². The van der Waals surface area contributed by atoms with E-state index < -0.39 is 63.7 Å². The summed E-state index contributed by atoms with van der Waals surface area (Å²) in [4.78, 5) is 39.2. The first-order valence-corrected chi connectivity index (χ1v) is 16.9. The van der Waals surface area contributed by atoms with Crippen LogP contribution in [0.3, 0.4) is 0 Å². The van der Waals surface area contributed by atoms with Gasteiger partial charge < -0.3 is 19.1 Å². The van der Waals surface area contributed by atoms with E-state index in [0.29, 0.717) is 26.2 Å². The number of aromatic amines is 1. The number of carbonyl (C=O) groups is 1. The molecule has 238 valence electrons. The minimum Gasteiger partial charge on any atom is -0.468 e. The Morgan fingerprint density at radius 2 is 1.84 bits per heavy atom. The summed E-state index contributed by atoms with van der Waals surface area (Å²) in [5.41, 5.74) is -1.60. The lowest BCUT2D eigenvalue weighted by molar-refractivity contribution is -0.142. The average Bonchev–Trinajstić information content (AvgIpc) is 3.92. The first-order valence-electron chi connectivity index (χ1n) is 13.8. The Kier molecular flexibility index (Phi) is 9.91. The summed E-state index contributed by atoms with van der Waals surface area (Å²) in [6.07, 6.45) is -2.11. The number of methoxy groups -OCH3 is 1. The van der Waals surface area contributed by atoms with E-state index in [9.17, 15) is 28.6 Å². The van der Waals surface area contributed by atoms with Crippen molar-refractivity contribution in [3.63, 3.8) is 0 Å². The normalized spacial score (nSPS) is 23.7. The van der Waals surface area contributed by atoms with Gasteiger partial charge in [-0.25, -0.2) is 18.7 Å². The van der Waals surface area contributed by atoms with Gasteiger partial charge in [-0.3, -0.25) is 32.8 Å². The van der Waals surface area contributed by atoms with Gasteiger partial charge in [-0.1, -0.05) is 30.0 Å². The number of ether oxygens (including phenoxy) is 2. The minimum absolute atomic E-state index is 0.0685. The van der Waals surface area contributed by atoms with Crippen molar-refractivity contribution in [1.82, 2.24) is 24.0 Å². The fourth-order valence-corrected chi connectivity index (χ4v) is 7.97. The molecule has 0 bridgehead atoms. The number of aromatic nitrogens is 2. The number of rotatable bonds is 13. The molecule has 5 atom stereocenters. The zero-order chi connectivity index (χ0) is 31.5. The maximum Gasteiger partial charge on any atom is 0.459 e. The highest BCUT2D eigenvalue weighted by Gasteiger charge is 2.49. The number of hydrogen-bond donors (Lipinski definition) is 3. The summed E-state index contributed by atoms with van der Waals surface area (Å²) >= 11 is 0. The van der Waals surface area contributed by atoms with Crippen molar-refractivity contribution in [3.05, 3.63) is 62.9 Å². The van der Waals surface area contributed by atoms with Gasteiger partial charge in [-0.2, -0.15) is 5.09 Å². The monoisotopic (exact) mass is 653 g/mol. The van der Waals surface area contributed by atoms with Crippen molar-refractivity contribution in [2.75, 3.05) is 46.5 Å². The van der Waals surface area contributed by atoms with Gasteiger partial charge in [-0.05, 0) is 19.1 Å². The highest BCUT2D eigenvalue weighted by Crippen LogP contribution is 2.60. The van der Waals surface area contributed by atoms with Crippen molar-refractivity contribution < 1.29 is 42.1 Å². The van der Waals surface area contributed by atoms with Crippen LogP contribution in [0, 0.1) is 11.8 Å². The van der Waals surface area contributed by atoms with Crippen LogP contribution in [0.4, 0.5) is 0 Å². The molecule has 0 amide bonds. The molecule has 1 aromatic carbocycles. The molecule has 18 heteroatoms. The number of aliphatic hydroxyl groups is 1. The second-order valence-electron chi connectivity index (χ2n) is 10.2. The Labute approximate surface area is 252 Å². The number of esters is 1. The maximum absolute atomic E-state index is 13.6. The van der Waals surface area contributed by atoms with E-state index in [2.05, 4.69) is 26.6 Å². The van der Waals surface area contributed by atoms with Gasteiger partial charge in [-0.15, -0.1) is 0 Å². The fraction of sp³-hybridized carbons (Fsp3) is 0.500. The van der Waals surface area contributed by atoms with E-state index in [1.165, 1.54) is 20.2 Å². The zero-order valence-electron chi connectivity index (χ0n) is 24.0. The lowest BCUT2D eigenvalue weighted by Crippen LogP contribution is -2.36. The Bertz CT molecular complexity index is 1610. The average molecular weight is 654 g/mol. The lowest BCUT2D eigenvalue weighted by atomic mass is 10.2. The predicted molar refractivity (Wildman–Crippen MR) is 155 cm³/mol. The molecular weight excluding hydrogens is 620 g/mol. The van der Waals surface area contributed by atoms with Crippen LogP contribution in [0.1, 0.15) is 25.1 Å². The largest absolute Gasteiger partial charge is 0.468 e. The first-order chi connectivity index (χ1) is 21.0. The van der Waals surface area contributed by atoms with Crippen LogP contribution >= 0.6 is 15.4 Å². The van der Waals surface area contributed by atoms with E-state index in [4.69, 9.17) is 18.3 Å². The van der Waals surface area contributed by atoms with E-state index in [-0.39, 0.29) is 24.3 Å². The molecule has 3 aliphatic rings. The second-order valence-corrected chi connectivity index (χ2v) is 14.3. The third-order valence-electron chi connectivity index (χ3n) is 6.86. The van der Waals surface area contributed by atoms with Crippen molar-refractivity contribution in [2.24, 2.45) is 0 Å². The van der Waals surface area contributed by atoms with E-state index in [1.807, 2.05) is 0 Å². The third-order valence-corrected chi connectivity index (χ3v) is 11.2. The summed E-state index contributed by atoms with van der Waals surface area (Å²) in [6.45, 7) is 3.53. The van der Waals surface area contributed by atoms with Gasteiger partial charge in [0.05, 0.1) is 19.8 Å². The predicted octanol–water partition coefficient (Wildman–Crippen LogP) is 0.647. The molecule has 3 aliphatic heterocycles. The number of nitrogens with zero attached hydrogens (tertiary/aromatic N) is 3. The molecule has 0 radical (unpaired) electrons. The molecular formula is C26H33N5O11P2. The highest BCUT2D eigenvalue weighted by molar-refractivity contribution is 7.54. The maximum atomic E-state index is 13.6. The standard InChI is InChI=1S/C26H33N5O11P2/c1-18(25(34)38-2)28-43(36,42-20-8-4-3-5-9-20)40-17-22-21(32)15-23(41-22)31-16-19(24(33)27-26(31)35)7-6-14-39-44(37,29-10-11-29)30-12-13-30/h3-5,8-9,16,18,21-23,32H,10-15,17H2,1-2H3,(H,28,36)(H,27,33,35)/t18-,21-,22?,23?,43?/m0/s1. The molecule has 3 fully saturated rings. The SMILES string of the molecule is COC(=O)[C@H](C)NP(=O)(OCC1OC(n2cc(C#CCOP(=O)(N3CC3)N3CC3)c(=O)[nH]c2=O)C[C@@H]1O)Oc1ccccc1. The Morgan fingerprint density at radius 3 is 2.48 bits per heavy atom. The van der Waals surface area contributed by atoms with Crippen molar-refractivity contribution in [1.29, 1.82) is 0 Å². The van der Waals surface area contributed by atoms with Gasteiger partial charge in [0.1, 0.15) is 36.3 Å². The molecule has 2 aromatic rings. The molecule has 3 N–H and O–H groups in total. The number of benzene rings is 1. The first kappa shape index (κ1) is 32.3. The van der Waals surface area contributed by atoms with Crippen LogP contribution in [0.2, 0.25) is 0 Å². The number of aliphatic hydroxyl groups excluding tert-OH is 1. The summed E-state index contributed by atoms with van der Waals surface area (Å²) in [5, 5.41) is 13.2. The van der Waals surface area contributed by atoms with Gasteiger partial charge >= 0.3 is 27.1 Å². The Hall–Kier alpha value is -3.09. The Morgan fingerprint density at radius 1 is 1.16 bits per heavy atom.